The van der Waals surface area contributed by atoms with Crippen molar-refractivity contribution in [3.63, 3.8) is 0 Å². The first-order valence-corrected chi connectivity index (χ1v) is 6.38. The first-order chi connectivity index (χ1) is 9.28. The van der Waals surface area contributed by atoms with Crippen LogP contribution in [-0.4, -0.2) is 25.6 Å². The van der Waals surface area contributed by atoms with E-state index in [1.165, 1.54) is 0 Å². The Kier molecular flexibility index (Phi) is 4.76. The van der Waals surface area contributed by atoms with Gasteiger partial charge in [0.25, 0.3) is 0 Å². The van der Waals surface area contributed by atoms with Crippen molar-refractivity contribution < 1.29 is 9.53 Å². The molecule has 1 aromatic carbocycles. The predicted octanol–water partition coefficient (Wildman–Crippen LogP) is 1.53. The SMILES string of the molecule is N#CCOc1cccc(NC(=O)CC2CCNC2)c1. The van der Waals surface area contributed by atoms with Crippen molar-refractivity contribution in [3.05, 3.63) is 24.3 Å². The van der Waals surface area contributed by atoms with E-state index in [2.05, 4.69) is 10.6 Å². The second kappa shape index (κ2) is 6.76. The highest BCUT2D eigenvalue weighted by Gasteiger charge is 2.17. The fourth-order valence-corrected chi connectivity index (χ4v) is 2.14. The first-order valence-electron chi connectivity index (χ1n) is 6.38. The van der Waals surface area contributed by atoms with Gasteiger partial charge in [-0.3, -0.25) is 4.79 Å². The smallest absolute Gasteiger partial charge is 0.224 e. The van der Waals surface area contributed by atoms with Crippen LogP contribution >= 0.6 is 0 Å². The topological polar surface area (TPSA) is 74.1 Å². The van der Waals surface area contributed by atoms with Crippen LogP contribution in [0.15, 0.2) is 24.3 Å². The van der Waals surface area contributed by atoms with Gasteiger partial charge < -0.3 is 15.4 Å². The minimum absolute atomic E-state index is 0.00510. The van der Waals surface area contributed by atoms with Crippen LogP contribution in [0, 0.1) is 17.2 Å². The average molecular weight is 259 g/mol. The van der Waals surface area contributed by atoms with Crippen LogP contribution in [0.25, 0.3) is 0 Å². The lowest BCUT2D eigenvalue weighted by atomic mass is 10.0. The summed E-state index contributed by atoms with van der Waals surface area (Å²) in [6.45, 7) is 1.92. The third-order valence-corrected chi connectivity index (χ3v) is 3.06. The number of amides is 1. The molecular weight excluding hydrogens is 242 g/mol. The zero-order valence-corrected chi connectivity index (χ0v) is 10.7. The second-order valence-corrected chi connectivity index (χ2v) is 4.59. The third-order valence-electron chi connectivity index (χ3n) is 3.06. The number of anilines is 1. The van der Waals surface area contributed by atoms with Crippen molar-refractivity contribution in [1.29, 1.82) is 5.26 Å². The predicted molar refractivity (Wildman–Crippen MR) is 71.8 cm³/mol. The lowest BCUT2D eigenvalue weighted by Crippen LogP contribution is -2.18. The van der Waals surface area contributed by atoms with E-state index in [-0.39, 0.29) is 12.5 Å². The highest BCUT2D eigenvalue weighted by atomic mass is 16.5. The van der Waals surface area contributed by atoms with Gasteiger partial charge in [0.15, 0.2) is 6.61 Å². The summed E-state index contributed by atoms with van der Waals surface area (Å²) in [5.74, 6) is 1.03. The lowest BCUT2D eigenvalue weighted by molar-refractivity contribution is -0.116. The number of nitrogens with one attached hydrogen (secondary N) is 2. The number of rotatable bonds is 5. The molecule has 1 aromatic rings. The van der Waals surface area contributed by atoms with Gasteiger partial charge in [-0.2, -0.15) is 5.26 Å². The highest BCUT2D eigenvalue weighted by molar-refractivity contribution is 5.91. The summed E-state index contributed by atoms with van der Waals surface area (Å²) in [5.41, 5.74) is 0.700. The Bertz CT molecular complexity index is 476. The third kappa shape index (κ3) is 4.27. The number of nitrogens with zero attached hydrogens (tertiary/aromatic N) is 1. The van der Waals surface area contributed by atoms with Crippen LogP contribution < -0.4 is 15.4 Å². The molecule has 1 aliphatic rings. The molecule has 1 heterocycles. The summed E-state index contributed by atoms with van der Waals surface area (Å²) in [7, 11) is 0. The molecule has 1 aliphatic heterocycles. The van der Waals surface area contributed by atoms with Crippen molar-refractivity contribution in [2.45, 2.75) is 12.8 Å². The molecule has 5 nitrogen and oxygen atoms in total. The number of carbonyl (C=O) groups excluding carboxylic acids is 1. The first kappa shape index (κ1) is 13.4. The molecule has 1 saturated heterocycles. The summed E-state index contributed by atoms with van der Waals surface area (Å²) >= 11 is 0. The number of benzene rings is 1. The minimum atomic E-state index is 0.00510. The molecule has 5 heteroatoms. The van der Waals surface area contributed by atoms with Crippen molar-refractivity contribution in [3.8, 4) is 11.8 Å². The Morgan fingerprint density at radius 2 is 2.47 bits per heavy atom. The van der Waals surface area contributed by atoms with Crippen LogP contribution in [0.3, 0.4) is 0 Å². The van der Waals surface area contributed by atoms with E-state index in [1.807, 2.05) is 12.1 Å². The van der Waals surface area contributed by atoms with E-state index < -0.39 is 0 Å². The van der Waals surface area contributed by atoms with Gasteiger partial charge in [-0.15, -0.1) is 0 Å². The van der Waals surface area contributed by atoms with E-state index in [4.69, 9.17) is 10.00 Å². The molecule has 2 N–H and O–H groups in total. The fourth-order valence-electron chi connectivity index (χ4n) is 2.14. The Balaban J connectivity index is 1.87. The quantitative estimate of drug-likeness (QED) is 0.841. The van der Waals surface area contributed by atoms with E-state index in [1.54, 1.807) is 18.2 Å². The molecule has 0 aliphatic carbocycles. The van der Waals surface area contributed by atoms with Crippen LogP contribution in [0.1, 0.15) is 12.8 Å². The van der Waals surface area contributed by atoms with Crippen LogP contribution in [0.2, 0.25) is 0 Å². The molecule has 19 heavy (non-hydrogen) atoms. The summed E-state index contributed by atoms with van der Waals surface area (Å²) in [6, 6.07) is 8.99. The number of hydrogen-bond acceptors (Lipinski definition) is 4. The van der Waals surface area contributed by atoms with Gasteiger partial charge in [0.05, 0.1) is 0 Å². The van der Waals surface area contributed by atoms with Crippen LogP contribution in [-0.2, 0) is 4.79 Å². The maximum Gasteiger partial charge on any atom is 0.224 e. The van der Waals surface area contributed by atoms with E-state index in [9.17, 15) is 4.79 Å². The summed E-state index contributed by atoms with van der Waals surface area (Å²) in [4.78, 5) is 11.9. The number of ether oxygens (including phenoxy) is 1. The fraction of sp³-hybridized carbons (Fsp3) is 0.429. The average Bonchev–Trinajstić information content (AvgIpc) is 2.89. The second-order valence-electron chi connectivity index (χ2n) is 4.59. The van der Waals surface area contributed by atoms with Crippen LogP contribution in [0.5, 0.6) is 5.75 Å². The van der Waals surface area contributed by atoms with Gasteiger partial charge in [0, 0.05) is 18.2 Å². The zero-order chi connectivity index (χ0) is 13.5. The highest BCUT2D eigenvalue weighted by Crippen LogP contribution is 2.19. The van der Waals surface area contributed by atoms with Gasteiger partial charge in [-0.25, -0.2) is 0 Å². The zero-order valence-electron chi connectivity index (χ0n) is 10.7. The molecule has 0 saturated carbocycles. The number of nitriles is 1. The van der Waals surface area contributed by atoms with E-state index in [0.29, 0.717) is 23.8 Å². The number of hydrogen-bond donors (Lipinski definition) is 2. The summed E-state index contributed by atoms with van der Waals surface area (Å²) < 4.78 is 5.19. The largest absolute Gasteiger partial charge is 0.479 e. The Labute approximate surface area is 112 Å². The van der Waals surface area contributed by atoms with Gasteiger partial charge >= 0.3 is 0 Å². The van der Waals surface area contributed by atoms with Gasteiger partial charge in [-0.05, 0) is 37.6 Å². The van der Waals surface area contributed by atoms with Gasteiger partial charge in [0.1, 0.15) is 11.8 Å². The normalized spacial score (nSPS) is 17.7. The Hall–Kier alpha value is -2.06. The van der Waals surface area contributed by atoms with Crippen molar-refractivity contribution in [2.75, 3.05) is 25.0 Å². The molecule has 1 atom stereocenters. The summed E-state index contributed by atoms with van der Waals surface area (Å²) in [6.07, 6.45) is 1.59. The van der Waals surface area contributed by atoms with Crippen LogP contribution in [0.4, 0.5) is 5.69 Å². The maximum absolute atomic E-state index is 11.9. The standard InChI is InChI=1S/C14H17N3O2/c15-5-7-19-13-3-1-2-12(9-13)17-14(18)8-11-4-6-16-10-11/h1-3,9,11,16H,4,6-8,10H2,(H,17,18). The van der Waals surface area contributed by atoms with Crippen molar-refractivity contribution in [1.82, 2.24) is 5.32 Å². The Morgan fingerprint density at radius 1 is 1.58 bits per heavy atom. The van der Waals surface area contributed by atoms with E-state index >= 15 is 0 Å². The molecule has 1 unspecified atom stereocenters. The minimum Gasteiger partial charge on any atom is -0.479 e. The molecule has 1 fully saturated rings. The van der Waals surface area contributed by atoms with Crippen molar-refractivity contribution in [2.24, 2.45) is 5.92 Å². The van der Waals surface area contributed by atoms with E-state index in [0.717, 1.165) is 19.5 Å². The molecule has 0 spiro atoms. The molecule has 0 radical (unpaired) electrons. The monoisotopic (exact) mass is 259 g/mol. The maximum atomic E-state index is 11.9. The molecular formula is C14H17N3O2. The molecule has 0 bridgehead atoms. The van der Waals surface area contributed by atoms with Gasteiger partial charge in [0.2, 0.25) is 5.91 Å². The Morgan fingerprint density at radius 3 is 3.21 bits per heavy atom. The summed E-state index contributed by atoms with van der Waals surface area (Å²) in [5, 5.41) is 14.6. The lowest BCUT2D eigenvalue weighted by Gasteiger charge is -2.10. The van der Waals surface area contributed by atoms with Gasteiger partial charge in [-0.1, -0.05) is 6.07 Å². The molecule has 0 aromatic heterocycles. The molecule has 2 rings (SSSR count). The van der Waals surface area contributed by atoms with Crippen molar-refractivity contribution >= 4 is 11.6 Å². The molecule has 100 valence electrons. The molecule has 1 amide bonds. The number of carbonyl (C=O) groups is 1.